The highest BCUT2D eigenvalue weighted by molar-refractivity contribution is 7.13. The van der Waals surface area contributed by atoms with Crippen LogP contribution in [0.15, 0.2) is 5.38 Å². The summed E-state index contributed by atoms with van der Waals surface area (Å²) in [5.41, 5.74) is 0.256. The van der Waals surface area contributed by atoms with Crippen molar-refractivity contribution in [1.82, 2.24) is 4.98 Å². The normalized spacial score (nSPS) is 33.6. The van der Waals surface area contributed by atoms with Crippen LogP contribution in [0.25, 0.3) is 0 Å². The Hall–Kier alpha value is -1.28. The molecule has 0 aliphatic carbocycles. The van der Waals surface area contributed by atoms with Crippen LogP contribution < -0.4 is 5.32 Å². The Morgan fingerprint density at radius 1 is 1.55 bits per heavy atom. The van der Waals surface area contributed by atoms with E-state index in [4.69, 9.17) is 19.8 Å². The molecule has 1 aliphatic heterocycles. The van der Waals surface area contributed by atoms with Gasteiger partial charge in [-0.15, -0.1) is 11.3 Å². The predicted octanol–water partition coefficient (Wildman–Crippen LogP) is -1.12. The third kappa shape index (κ3) is 2.90. The van der Waals surface area contributed by atoms with Crippen molar-refractivity contribution in [1.29, 1.82) is 5.26 Å². The number of thiazole rings is 1. The molecule has 1 aliphatic rings. The van der Waals surface area contributed by atoms with Crippen LogP contribution in [0.4, 0.5) is 5.13 Å². The Labute approximate surface area is 119 Å². The van der Waals surface area contributed by atoms with Gasteiger partial charge in [0.05, 0.1) is 6.61 Å². The number of methoxy groups -OCH3 is 1. The number of aliphatic hydroxyl groups is 3. The second-order valence-electron chi connectivity index (χ2n) is 4.26. The summed E-state index contributed by atoms with van der Waals surface area (Å²) in [6, 6.07) is 1.13. The molecule has 0 radical (unpaired) electrons. The molecule has 110 valence electrons. The van der Waals surface area contributed by atoms with Crippen LogP contribution in [-0.4, -0.2) is 64.7 Å². The standard InChI is InChI=1S/C11H15N3O5S/c1-18-10-7(9(17)8(16)6(3-15)19-10)14-11-13-5(2-12)4-20-11/h4,6-10,15-17H,3H2,1H3,(H,13,14)/t6-,7+,8+,9-,10?/m1/s1. The second kappa shape index (κ2) is 6.45. The zero-order valence-corrected chi connectivity index (χ0v) is 11.4. The minimum absolute atomic E-state index is 0.256. The Morgan fingerprint density at radius 3 is 2.85 bits per heavy atom. The molecule has 1 saturated heterocycles. The molecule has 2 rings (SSSR count). The van der Waals surface area contributed by atoms with Gasteiger partial charge in [-0.25, -0.2) is 4.98 Å². The highest BCUT2D eigenvalue weighted by atomic mass is 32.1. The summed E-state index contributed by atoms with van der Waals surface area (Å²) in [5.74, 6) is 0. The lowest BCUT2D eigenvalue weighted by Crippen LogP contribution is -2.61. The lowest BCUT2D eigenvalue weighted by molar-refractivity contribution is -0.254. The first-order chi connectivity index (χ1) is 9.60. The van der Waals surface area contributed by atoms with Crippen LogP contribution in [-0.2, 0) is 9.47 Å². The third-order valence-electron chi connectivity index (χ3n) is 3.02. The molecule has 20 heavy (non-hydrogen) atoms. The molecular formula is C11H15N3O5S. The maximum absolute atomic E-state index is 10.1. The van der Waals surface area contributed by atoms with E-state index in [0.29, 0.717) is 5.13 Å². The monoisotopic (exact) mass is 301 g/mol. The molecule has 0 aromatic carbocycles. The average molecular weight is 301 g/mol. The van der Waals surface area contributed by atoms with E-state index in [-0.39, 0.29) is 5.69 Å². The maximum Gasteiger partial charge on any atom is 0.184 e. The van der Waals surface area contributed by atoms with Crippen molar-refractivity contribution in [3.05, 3.63) is 11.1 Å². The van der Waals surface area contributed by atoms with E-state index in [0.717, 1.165) is 0 Å². The first-order valence-corrected chi connectivity index (χ1v) is 6.76. The van der Waals surface area contributed by atoms with E-state index in [9.17, 15) is 10.2 Å². The van der Waals surface area contributed by atoms with Crippen molar-refractivity contribution in [3.8, 4) is 6.07 Å². The van der Waals surface area contributed by atoms with E-state index >= 15 is 0 Å². The molecule has 5 atom stereocenters. The highest BCUT2D eigenvalue weighted by Crippen LogP contribution is 2.26. The molecule has 9 heteroatoms. The van der Waals surface area contributed by atoms with Crippen molar-refractivity contribution in [2.45, 2.75) is 30.6 Å². The van der Waals surface area contributed by atoms with E-state index in [2.05, 4.69) is 10.3 Å². The molecule has 2 heterocycles. The van der Waals surface area contributed by atoms with Gasteiger partial charge in [0.25, 0.3) is 0 Å². The summed E-state index contributed by atoms with van der Waals surface area (Å²) in [4.78, 5) is 3.98. The number of aliphatic hydroxyl groups excluding tert-OH is 3. The predicted molar refractivity (Wildman–Crippen MR) is 69.0 cm³/mol. The molecule has 8 nitrogen and oxygen atoms in total. The molecule has 1 fully saturated rings. The minimum atomic E-state index is -1.25. The van der Waals surface area contributed by atoms with Gasteiger partial charge >= 0.3 is 0 Å². The molecule has 4 N–H and O–H groups in total. The number of nitrogens with one attached hydrogen (secondary N) is 1. The summed E-state index contributed by atoms with van der Waals surface area (Å²) in [7, 11) is 1.39. The van der Waals surface area contributed by atoms with Crippen LogP contribution in [0.3, 0.4) is 0 Å². The lowest BCUT2D eigenvalue weighted by atomic mass is 9.97. The second-order valence-corrected chi connectivity index (χ2v) is 5.12. The van der Waals surface area contributed by atoms with Crippen molar-refractivity contribution < 1.29 is 24.8 Å². The van der Waals surface area contributed by atoms with Gasteiger partial charge in [-0.2, -0.15) is 5.26 Å². The minimum Gasteiger partial charge on any atom is -0.394 e. The van der Waals surface area contributed by atoms with Gasteiger partial charge in [-0.05, 0) is 0 Å². The van der Waals surface area contributed by atoms with Crippen molar-refractivity contribution >= 4 is 16.5 Å². The number of nitrogens with zero attached hydrogens (tertiary/aromatic N) is 2. The summed E-state index contributed by atoms with van der Waals surface area (Å²) < 4.78 is 10.5. The average Bonchev–Trinajstić information content (AvgIpc) is 2.92. The van der Waals surface area contributed by atoms with Crippen LogP contribution in [0.1, 0.15) is 5.69 Å². The molecule has 1 unspecified atom stereocenters. The Morgan fingerprint density at radius 2 is 2.30 bits per heavy atom. The number of rotatable bonds is 4. The Kier molecular flexibility index (Phi) is 4.87. The van der Waals surface area contributed by atoms with E-state index < -0.39 is 37.3 Å². The number of hydrogen-bond acceptors (Lipinski definition) is 9. The number of nitriles is 1. The first kappa shape index (κ1) is 15.1. The molecule has 0 bridgehead atoms. The van der Waals surface area contributed by atoms with Crippen LogP contribution in [0.2, 0.25) is 0 Å². The van der Waals surface area contributed by atoms with Gasteiger partial charge in [-0.1, -0.05) is 0 Å². The fourth-order valence-electron chi connectivity index (χ4n) is 1.97. The molecule has 0 amide bonds. The number of aromatic nitrogens is 1. The summed E-state index contributed by atoms with van der Waals surface area (Å²) >= 11 is 1.19. The summed E-state index contributed by atoms with van der Waals surface area (Å²) in [6.07, 6.45) is -4.24. The van der Waals surface area contributed by atoms with Gasteiger partial charge < -0.3 is 30.1 Å². The molecular weight excluding hydrogens is 286 g/mol. The van der Waals surface area contributed by atoms with E-state index in [1.54, 1.807) is 5.38 Å². The molecule has 0 spiro atoms. The Balaban J connectivity index is 2.13. The number of hydrogen-bond donors (Lipinski definition) is 4. The summed E-state index contributed by atoms with van der Waals surface area (Å²) in [5, 5.41) is 42.6. The van der Waals surface area contributed by atoms with Crippen LogP contribution in [0.5, 0.6) is 0 Å². The number of ether oxygens (including phenoxy) is 2. The highest BCUT2D eigenvalue weighted by Gasteiger charge is 2.44. The van der Waals surface area contributed by atoms with Crippen LogP contribution in [0, 0.1) is 11.3 Å². The van der Waals surface area contributed by atoms with E-state index in [1.807, 2.05) is 6.07 Å². The van der Waals surface area contributed by atoms with Crippen molar-refractivity contribution in [2.24, 2.45) is 0 Å². The third-order valence-corrected chi connectivity index (χ3v) is 3.80. The first-order valence-electron chi connectivity index (χ1n) is 5.88. The molecule has 0 saturated carbocycles. The van der Waals surface area contributed by atoms with Gasteiger partial charge in [0, 0.05) is 12.5 Å². The summed E-state index contributed by atoms with van der Waals surface area (Å²) in [6.45, 7) is -0.430. The van der Waals surface area contributed by atoms with Gasteiger partial charge in [0.1, 0.15) is 30.4 Å². The largest absolute Gasteiger partial charge is 0.394 e. The van der Waals surface area contributed by atoms with Gasteiger partial charge in [0.2, 0.25) is 0 Å². The quantitative estimate of drug-likeness (QED) is 0.550. The zero-order valence-electron chi connectivity index (χ0n) is 10.6. The smallest absolute Gasteiger partial charge is 0.184 e. The fraction of sp³-hybridized carbons (Fsp3) is 0.636. The Bertz CT molecular complexity index is 489. The van der Waals surface area contributed by atoms with E-state index in [1.165, 1.54) is 18.4 Å². The molecule has 1 aromatic heterocycles. The zero-order chi connectivity index (χ0) is 14.7. The SMILES string of the molecule is COC1O[C@H](CO)[C@H](O)[C@H](O)[C@@H]1Nc1nc(C#N)cs1. The van der Waals surface area contributed by atoms with Crippen molar-refractivity contribution in [2.75, 3.05) is 19.0 Å². The number of anilines is 1. The van der Waals surface area contributed by atoms with Gasteiger partial charge in [-0.3, -0.25) is 0 Å². The topological polar surface area (TPSA) is 128 Å². The maximum atomic E-state index is 10.1. The molecule has 1 aromatic rings. The lowest BCUT2D eigenvalue weighted by Gasteiger charge is -2.41. The van der Waals surface area contributed by atoms with Crippen molar-refractivity contribution in [3.63, 3.8) is 0 Å². The fourth-order valence-corrected chi connectivity index (χ4v) is 2.66. The van der Waals surface area contributed by atoms with Crippen LogP contribution >= 0.6 is 11.3 Å². The van der Waals surface area contributed by atoms with Gasteiger partial charge in [0.15, 0.2) is 17.1 Å².